The van der Waals surface area contributed by atoms with Gasteiger partial charge in [-0.3, -0.25) is 9.69 Å². The largest absolute Gasteiger partial charge is 0.462 e. The van der Waals surface area contributed by atoms with Gasteiger partial charge in [-0.15, -0.1) is 0 Å². The monoisotopic (exact) mass is 433 g/mol. The van der Waals surface area contributed by atoms with Gasteiger partial charge in [0.2, 0.25) is 0 Å². The molecule has 0 unspecified atom stereocenters. The molecule has 0 bridgehead atoms. The maximum atomic E-state index is 12.9. The smallest absolute Gasteiger partial charge is 0.338 e. The van der Waals surface area contributed by atoms with Gasteiger partial charge in [-0.25, -0.2) is 9.79 Å². The topological polar surface area (TPSA) is 63.9 Å². The van der Waals surface area contributed by atoms with E-state index in [-0.39, 0.29) is 11.9 Å². The van der Waals surface area contributed by atoms with E-state index in [9.17, 15) is 9.59 Å². The highest BCUT2D eigenvalue weighted by molar-refractivity contribution is 8.18. The van der Waals surface area contributed by atoms with E-state index in [1.807, 2.05) is 25.3 Å². The fourth-order valence-electron chi connectivity index (χ4n) is 3.51. The van der Waals surface area contributed by atoms with Crippen LogP contribution < -0.4 is 0 Å². The Balaban J connectivity index is 1.64. The highest BCUT2D eigenvalue weighted by Crippen LogP contribution is 2.35. The lowest BCUT2D eigenvalue weighted by Crippen LogP contribution is -2.23. The van der Waals surface area contributed by atoms with Gasteiger partial charge in [-0.2, -0.15) is 0 Å². The molecule has 0 saturated carbocycles. The quantitative estimate of drug-likeness (QED) is 0.434. The predicted molar refractivity (Wildman–Crippen MR) is 125 cm³/mol. The highest BCUT2D eigenvalue weighted by Gasteiger charge is 2.31. The van der Waals surface area contributed by atoms with E-state index >= 15 is 0 Å². The van der Waals surface area contributed by atoms with Crippen LogP contribution >= 0.6 is 11.8 Å². The number of nitrogens with zero attached hydrogens (tertiary/aromatic N) is 3. The molecule has 1 amide bonds. The van der Waals surface area contributed by atoms with E-state index in [0.29, 0.717) is 27.9 Å². The van der Waals surface area contributed by atoms with Crippen molar-refractivity contribution in [1.29, 1.82) is 0 Å². The highest BCUT2D eigenvalue weighted by atomic mass is 32.2. The zero-order chi connectivity index (χ0) is 22.1. The van der Waals surface area contributed by atoms with E-state index < -0.39 is 0 Å². The Morgan fingerprint density at radius 1 is 1.13 bits per heavy atom. The number of para-hydroxylation sites is 1. The molecule has 158 valence electrons. The lowest BCUT2D eigenvalue weighted by molar-refractivity contribution is -0.121. The number of amidine groups is 1. The minimum absolute atomic E-state index is 0.0840. The van der Waals surface area contributed by atoms with E-state index in [1.165, 1.54) is 11.8 Å². The Morgan fingerprint density at radius 2 is 1.84 bits per heavy atom. The van der Waals surface area contributed by atoms with E-state index in [2.05, 4.69) is 28.6 Å². The Hall–Kier alpha value is -3.32. The second kappa shape index (κ2) is 8.43. The number of benzene rings is 2. The van der Waals surface area contributed by atoms with Crippen LogP contribution in [0.15, 0.2) is 58.4 Å². The Bertz CT molecular complexity index is 1240. The van der Waals surface area contributed by atoms with Crippen molar-refractivity contribution in [3.8, 4) is 0 Å². The molecule has 6 nitrogen and oxygen atoms in total. The molecule has 0 radical (unpaired) electrons. The number of carbonyl (C=O) groups excluding carboxylic acids is 2. The average Bonchev–Trinajstić information content (AvgIpc) is 3.18. The summed E-state index contributed by atoms with van der Waals surface area (Å²) < 4.78 is 7.14. The minimum atomic E-state index is -0.361. The molecule has 7 heteroatoms. The summed E-state index contributed by atoms with van der Waals surface area (Å²) in [5.74, 6) is -0.445. The third kappa shape index (κ3) is 3.88. The first-order valence-electron chi connectivity index (χ1n) is 9.98. The van der Waals surface area contributed by atoms with Gasteiger partial charge >= 0.3 is 5.97 Å². The second-order valence-electron chi connectivity index (χ2n) is 7.21. The number of hydrogen-bond donors (Lipinski definition) is 0. The van der Waals surface area contributed by atoms with Gasteiger partial charge in [0.15, 0.2) is 5.17 Å². The number of fused-ring (bicyclic) bond motifs is 1. The number of aryl methyl sites for hydroxylation is 1. The molecule has 1 aromatic heterocycles. The number of ether oxygens (including phenoxy) is 1. The number of amides is 1. The molecule has 1 fully saturated rings. The van der Waals surface area contributed by atoms with Crippen molar-refractivity contribution in [1.82, 2.24) is 9.47 Å². The minimum Gasteiger partial charge on any atom is -0.462 e. The Kier molecular flexibility index (Phi) is 5.69. The maximum absolute atomic E-state index is 12.9. The van der Waals surface area contributed by atoms with Crippen LogP contribution in [0.25, 0.3) is 17.0 Å². The third-order valence-corrected chi connectivity index (χ3v) is 6.39. The maximum Gasteiger partial charge on any atom is 0.338 e. The van der Waals surface area contributed by atoms with Gasteiger partial charge in [0.1, 0.15) is 0 Å². The third-order valence-electron chi connectivity index (χ3n) is 5.33. The van der Waals surface area contributed by atoms with Crippen molar-refractivity contribution >= 4 is 51.5 Å². The molecule has 31 heavy (non-hydrogen) atoms. The predicted octanol–water partition coefficient (Wildman–Crippen LogP) is 4.90. The molecular weight excluding hydrogens is 410 g/mol. The number of hydrogen-bond acceptors (Lipinski definition) is 5. The SMILES string of the molecule is CCOC(=O)c1ccc(N=C2SC(=Cc3c(C)n(C)c4ccccc34)C(=O)N2C)cc1. The molecule has 4 rings (SSSR count). The summed E-state index contributed by atoms with van der Waals surface area (Å²) in [5.41, 5.74) is 4.41. The van der Waals surface area contributed by atoms with Gasteiger partial charge < -0.3 is 9.30 Å². The summed E-state index contributed by atoms with van der Waals surface area (Å²) in [6, 6.07) is 15.0. The van der Waals surface area contributed by atoms with Crippen molar-refractivity contribution in [2.75, 3.05) is 13.7 Å². The summed E-state index contributed by atoms with van der Waals surface area (Å²) >= 11 is 1.35. The molecule has 0 N–H and O–H groups in total. The van der Waals surface area contributed by atoms with Crippen LogP contribution in [0.5, 0.6) is 0 Å². The number of thioether (sulfide) groups is 1. The van der Waals surface area contributed by atoms with Gasteiger partial charge in [0.05, 0.1) is 22.8 Å². The second-order valence-corrected chi connectivity index (χ2v) is 8.22. The van der Waals surface area contributed by atoms with Crippen LogP contribution in [-0.4, -0.2) is 40.2 Å². The first-order valence-corrected chi connectivity index (χ1v) is 10.8. The van der Waals surface area contributed by atoms with Crippen LogP contribution in [0.3, 0.4) is 0 Å². The van der Waals surface area contributed by atoms with Crippen LogP contribution in [0.1, 0.15) is 28.5 Å². The molecule has 2 heterocycles. The van der Waals surface area contributed by atoms with Crippen LogP contribution in [-0.2, 0) is 16.6 Å². The summed E-state index contributed by atoms with van der Waals surface area (Å²) in [7, 11) is 3.75. The van der Waals surface area contributed by atoms with Crippen molar-refractivity contribution in [3.05, 3.63) is 70.3 Å². The van der Waals surface area contributed by atoms with Crippen LogP contribution in [0.2, 0.25) is 0 Å². The van der Waals surface area contributed by atoms with E-state index in [1.54, 1.807) is 43.1 Å². The van der Waals surface area contributed by atoms with Crippen molar-refractivity contribution < 1.29 is 14.3 Å². The molecule has 3 aromatic rings. The molecule has 1 saturated heterocycles. The zero-order valence-corrected chi connectivity index (χ0v) is 18.7. The molecule has 1 aliphatic heterocycles. The fourth-order valence-corrected chi connectivity index (χ4v) is 4.48. The van der Waals surface area contributed by atoms with Gasteiger partial charge in [-0.1, -0.05) is 18.2 Å². The number of esters is 1. The molecule has 1 aliphatic rings. The lowest BCUT2D eigenvalue weighted by atomic mass is 10.1. The van der Waals surface area contributed by atoms with E-state index in [4.69, 9.17) is 4.74 Å². The first kappa shape index (κ1) is 20.9. The Morgan fingerprint density at radius 3 is 2.55 bits per heavy atom. The first-order chi connectivity index (χ1) is 14.9. The standard InChI is InChI=1S/C24H23N3O3S/c1-5-30-23(29)16-10-12-17(13-11-16)25-24-27(4)22(28)21(31-24)14-19-15(2)26(3)20-9-7-6-8-18(19)20/h6-14H,5H2,1-4H3. The number of rotatable bonds is 4. The van der Waals surface area contributed by atoms with Gasteiger partial charge in [-0.05, 0) is 62.0 Å². The number of carbonyl (C=O) groups is 2. The number of aromatic nitrogens is 1. The van der Waals surface area contributed by atoms with Crippen molar-refractivity contribution in [3.63, 3.8) is 0 Å². The molecule has 0 atom stereocenters. The number of likely N-dealkylation sites (N-methyl/N-ethyl adjacent to an activating group) is 1. The van der Waals surface area contributed by atoms with Gasteiger partial charge in [0, 0.05) is 36.3 Å². The van der Waals surface area contributed by atoms with Crippen molar-refractivity contribution in [2.45, 2.75) is 13.8 Å². The summed E-state index contributed by atoms with van der Waals surface area (Å²) in [5, 5.41) is 1.71. The average molecular weight is 434 g/mol. The van der Waals surface area contributed by atoms with Gasteiger partial charge in [0.25, 0.3) is 5.91 Å². The fraction of sp³-hybridized carbons (Fsp3) is 0.208. The van der Waals surface area contributed by atoms with E-state index in [0.717, 1.165) is 22.2 Å². The zero-order valence-electron chi connectivity index (χ0n) is 17.9. The van der Waals surface area contributed by atoms with Crippen LogP contribution in [0, 0.1) is 6.92 Å². The Labute approximate surface area is 185 Å². The summed E-state index contributed by atoms with van der Waals surface area (Å²) in [4.78, 5) is 31.5. The summed E-state index contributed by atoms with van der Waals surface area (Å²) in [6.07, 6.45) is 1.95. The number of aliphatic imine (C=N–C) groups is 1. The lowest BCUT2D eigenvalue weighted by Gasteiger charge is -2.07. The van der Waals surface area contributed by atoms with Crippen LogP contribution in [0.4, 0.5) is 5.69 Å². The molecule has 2 aromatic carbocycles. The normalized spacial score (nSPS) is 16.6. The molecular formula is C24H23N3O3S. The molecule has 0 aliphatic carbocycles. The summed E-state index contributed by atoms with van der Waals surface area (Å²) in [6.45, 7) is 4.16. The molecule has 0 spiro atoms. The van der Waals surface area contributed by atoms with Crippen molar-refractivity contribution in [2.24, 2.45) is 12.0 Å².